The van der Waals surface area contributed by atoms with Gasteiger partial charge in [-0.05, 0) is 30.5 Å². The number of carbonyl (C=O) groups is 1. The Bertz CT molecular complexity index is 633. The van der Waals surface area contributed by atoms with Gasteiger partial charge in [0.1, 0.15) is 5.75 Å². The molecule has 1 heterocycles. The number of nitrogens with zero attached hydrogens (tertiary/aromatic N) is 2. The van der Waals surface area contributed by atoms with E-state index in [1.54, 1.807) is 18.9 Å². The fraction of sp³-hybridized carbons (Fsp3) is 0.600. The number of nitrogens with one attached hydrogen (secondary N) is 1. The van der Waals surface area contributed by atoms with Crippen LogP contribution in [0.1, 0.15) is 44.1 Å². The average Bonchev–Trinajstić information content (AvgIpc) is 3.01. The van der Waals surface area contributed by atoms with Crippen LogP contribution >= 0.6 is 24.2 Å². The maximum absolute atomic E-state index is 12.3. The number of rotatable bonds is 6. The molecule has 3 rings (SSSR count). The SMILES string of the molecule is COc1ccc(CNC(=O)CC2CSC(=NC3CCCCC3)N2C)cc1.Cl. The van der Waals surface area contributed by atoms with E-state index < -0.39 is 0 Å². The van der Waals surface area contributed by atoms with E-state index in [9.17, 15) is 4.79 Å². The van der Waals surface area contributed by atoms with E-state index in [4.69, 9.17) is 9.73 Å². The number of carbonyl (C=O) groups excluding carboxylic acids is 1. The van der Waals surface area contributed by atoms with Gasteiger partial charge in [0.15, 0.2) is 5.17 Å². The zero-order chi connectivity index (χ0) is 18.4. The summed E-state index contributed by atoms with van der Waals surface area (Å²) in [4.78, 5) is 19.5. The summed E-state index contributed by atoms with van der Waals surface area (Å²) in [5.74, 6) is 1.87. The van der Waals surface area contributed by atoms with Crippen LogP contribution in [0, 0.1) is 0 Å². The molecule has 1 N–H and O–H groups in total. The van der Waals surface area contributed by atoms with Crippen molar-refractivity contribution in [1.82, 2.24) is 10.2 Å². The molecule has 1 atom stereocenters. The van der Waals surface area contributed by atoms with Crippen molar-refractivity contribution in [2.45, 2.75) is 57.2 Å². The highest BCUT2D eigenvalue weighted by molar-refractivity contribution is 8.14. The van der Waals surface area contributed by atoms with Crippen LogP contribution in [0.3, 0.4) is 0 Å². The Morgan fingerprint density at radius 1 is 1.26 bits per heavy atom. The summed E-state index contributed by atoms with van der Waals surface area (Å²) in [6, 6.07) is 8.50. The molecule has 1 saturated carbocycles. The minimum absolute atomic E-state index is 0. The molecule has 150 valence electrons. The first kappa shape index (κ1) is 21.9. The van der Waals surface area contributed by atoms with Gasteiger partial charge in [-0.1, -0.05) is 43.2 Å². The van der Waals surface area contributed by atoms with Gasteiger partial charge in [0.25, 0.3) is 0 Å². The number of benzene rings is 1. The number of halogens is 1. The molecule has 0 spiro atoms. The van der Waals surface area contributed by atoms with Gasteiger partial charge in [-0.25, -0.2) is 0 Å². The van der Waals surface area contributed by atoms with Crippen molar-refractivity contribution in [2.24, 2.45) is 4.99 Å². The number of thioether (sulfide) groups is 1. The molecule has 2 fully saturated rings. The standard InChI is InChI=1S/C20H29N3O2S.ClH/c1-23-17(14-26-20(23)22-16-6-4-3-5-7-16)12-19(24)21-13-15-8-10-18(25-2)11-9-15;/h8-11,16-17H,3-7,12-14H2,1-2H3,(H,21,24);1H. The fourth-order valence-corrected chi connectivity index (χ4v) is 4.72. The first-order chi connectivity index (χ1) is 12.7. The van der Waals surface area contributed by atoms with Crippen molar-refractivity contribution in [3.63, 3.8) is 0 Å². The quantitative estimate of drug-likeness (QED) is 0.772. The lowest BCUT2D eigenvalue weighted by atomic mass is 9.96. The molecule has 1 amide bonds. The number of amidine groups is 1. The summed E-state index contributed by atoms with van der Waals surface area (Å²) in [7, 11) is 3.72. The predicted molar refractivity (Wildman–Crippen MR) is 115 cm³/mol. The van der Waals surface area contributed by atoms with Gasteiger partial charge in [-0.15, -0.1) is 12.4 Å². The number of amides is 1. The molecule has 0 aromatic heterocycles. The van der Waals surface area contributed by atoms with E-state index in [0.717, 1.165) is 22.2 Å². The summed E-state index contributed by atoms with van der Waals surface area (Å²) in [6.45, 7) is 0.551. The molecule has 0 radical (unpaired) electrons. The Balaban J connectivity index is 0.00000261. The minimum atomic E-state index is 0. The van der Waals surface area contributed by atoms with Crippen molar-refractivity contribution in [2.75, 3.05) is 19.9 Å². The third kappa shape index (κ3) is 6.32. The summed E-state index contributed by atoms with van der Waals surface area (Å²) in [5, 5.41) is 4.14. The number of methoxy groups -OCH3 is 1. The van der Waals surface area contributed by atoms with Crippen LogP contribution in [-0.2, 0) is 11.3 Å². The maximum atomic E-state index is 12.3. The molecule has 1 aromatic carbocycles. The smallest absolute Gasteiger partial charge is 0.222 e. The second kappa shape index (κ2) is 10.8. The van der Waals surface area contributed by atoms with Crippen molar-refractivity contribution < 1.29 is 9.53 Å². The van der Waals surface area contributed by atoms with Crippen LogP contribution in [0.2, 0.25) is 0 Å². The van der Waals surface area contributed by atoms with Gasteiger partial charge in [0.05, 0.1) is 13.2 Å². The first-order valence-corrected chi connectivity index (χ1v) is 10.5. The van der Waals surface area contributed by atoms with Gasteiger partial charge in [-0.3, -0.25) is 9.79 Å². The third-order valence-corrected chi connectivity index (χ3v) is 6.39. The molecule has 1 unspecified atom stereocenters. The van der Waals surface area contributed by atoms with Crippen LogP contribution in [-0.4, -0.2) is 48.0 Å². The Morgan fingerprint density at radius 2 is 1.96 bits per heavy atom. The lowest BCUT2D eigenvalue weighted by Crippen LogP contribution is -2.36. The van der Waals surface area contributed by atoms with E-state index in [1.165, 1.54) is 32.1 Å². The van der Waals surface area contributed by atoms with Gasteiger partial charge in [0, 0.05) is 31.8 Å². The van der Waals surface area contributed by atoms with Crippen molar-refractivity contribution in [1.29, 1.82) is 0 Å². The minimum Gasteiger partial charge on any atom is -0.497 e. The van der Waals surface area contributed by atoms with Gasteiger partial charge < -0.3 is 15.0 Å². The highest BCUT2D eigenvalue weighted by Gasteiger charge is 2.29. The van der Waals surface area contributed by atoms with Crippen LogP contribution in [0.4, 0.5) is 0 Å². The van der Waals surface area contributed by atoms with Crippen molar-refractivity contribution in [3.05, 3.63) is 29.8 Å². The normalized spacial score (nSPS) is 21.8. The molecule has 0 bridgehead atoms. The Morgan fingerprint density at radius 3 is 2.63 bits per heavy atom. The molecular weight excluding hydrogens is 382 g/mol. The monoisotopic (exact) mass is 411 g/mol. The predicted octanol–water partition coefficient (Wildman–Crippen LogP) is 3.86. The fourth-order valence-electron chi connectivity index (χ4n) is 3.46. The zero-order valence-electron chi connectivity index (χ0n) is 16.1. The largest absolute Gasteiger partial charge is 0.497 e. The van der Waals surface area contributed by atoms with E-state index in [0.29, 0.717) is 19.0 Å². The third-order valence-electron chi connectivity index (χ3n) is 5.19. The second-order valence-electron chi connectivity index (χ2n) is 7.11. The van der Waals surface area contributed by atoms with Gasteiger partial charge in [0.2, 0.25) is 5.91 Å². The number of hydrogen-bond acceptors (Lipinski definition) is 4. The number of aliphatic imine (C=N–C) groups is 1. The molecule has 5 nitrogen and oxygen atoms in total. The molecule has 2 aliphatic rings. The lowest BCUT2D eigenvalue weighted by molar-refractivity contribution is -0.121. The summed E-state index contributed by atoms with van der Waals surface area (Å²) in [5.41, 5.74) is 1.08. The number of ether oxygens (including phenoxy) is 1. The summed E-state index contributed by atoms with van der Waals surface area (Å²) >= 11 is 1.79. The average molecular weight is 412 g/mol. The van der Waals surface area contributed by atoms with E-state index in [2.05, 4.69) is 17.3 Å². The Labute approximate surface area is 172 Å². The van der Waals surface area contributed by atoms with E-state index in [1.807, 2.05) is 24.3 Å². The summed E-state index contributed by atoms with van der Waals surface area (Å²) in [6.07, 6.45) is 6.89. The first-order valence-electron chi connectivity index (χ1n) is 9.49. The van der Waals surface area contributed by atoms with Crippen LogP contribution < -0.4 is 10.1 Å². The highest BCUT2D eigenvalue weighted by Crippen LogP contribution is 2.28. The van der Waals surface area contributed by atoms with Crippen LogP contribution in [0.15, 0.2) is 29.3 Å². The lowest BCUT2D eigenvalue weighted by Gasteiger charge is -2.23. The van der Waals surface area contributed by atoms with Crippen LogP contribution in [0.25, 0.3) is 0 Å². The van der Waals surface area contributed by atoms with Crippen molar-refractivity contribution >= 4 is 35.2 Å². The Hall–Kier alpha value is -1.40. The van der Waals surface area contributed by atoms with Crippen molar-refractivity contribution in [3.8, 4) is 5.75 Å². The molecule has 7 heteroatoms. The van der Waals surface area contributed by atoms with Gasteiger partial charge >= 0.3 is 0 Å². The molecule has 27 heavy (non-hydrogen) atoms. The zero-order valence-corrected chi connectivity index (χ0v) is 17.8. The second-order valence-corrected chi connectivity index (χ2v) is 8.10. The van der Waals surface area contributed by atoms with E-state index >= 15 is 0 Å². The Kier molecular flexibility index (Phi) is 8.77. The molecular formula is C20H30ClN3O2S. The van der Waals surface area contributed by atoms with Crippen LogP contribution in [0.5, 0.6) is 5.75 Å². The molecule has 1 aromatic rings. The van der Waals surface area contributed by atoms with E-state index in [-0.39, 0.29) is 24.4 Å². The molecule has 1 saturated heterocycles. The summed E-state index contributed by atoms with van der Waals surface area (Å²) < 4.78 is 5.15. The van der Waals surface area contributed by atoms with Gasteiger partial charge in [-0.2, -0.15) is 0 Å². The topological polar surface area (TPSA) is 53.9 Å². The molecule has 1 aliphatic carbocycles. The number of hydrogen-bond donors (Lipinski definition) is 1. The highest BCUT2D eigenvalue weighted by atomic mass is 35.5. The molecule has 1 aliphatic heterocycles. The maximum Gasteiger partial charge on any atom is 0.222 e.